The molecule has 0 spiro atoms. The van der Waals surface area contributed by atoms with Gasteiger partial charge in [0.25, 0.3) is 0 Å². The SMILES string of the molecule is O=Nc1cc(CO)n(CCBr)n1. The number of halogens is 1. The predicted octanol–water partition coefficient (Wildman–Crippen LogP) is 1.17. The van der Waals surface area contributed by atoms with Gasteiger partial charge >= 0.3 is 0 Å². The van der Waals surface area contributed by atoms with Crippen molar-refractivity contribution in [3.8, 4) is 0 Å². The maximum Gasteiger partial charge on any atom is 0.217 e. The molecule has 0 unspecified atom stereocenters. The Kier molecular flexibility index (Phi) is 3.36. The van der Waals surface area contributed by atoms with Crippen molar-refractivity contribution in [3.05, 3.63) is 16.7 Å². The minimum Gasteiger partial charge on any atom is -0.390 e. The van der Waals surface area contributed by atoms with Crippen LogP contribution in [-0.4, -0.2) is 20.2 Å². The Hall–Kier alpha value is -0.750. The first-order valence-electron chi connectivity index (χ1n) is 3.38. The highest BCUT2D eigenvalue weighted by molar-refractivity contribution is 9.09. The summed E-state index contributed by atoms with van der Waals surface area (Å²) >= 11 is 3.23. The third-order valence-corrected chi connectivity index (χ3v) is 1.76. The molecule has 0 saturated heterocycles. The van der Waals surface area contributed by atoms with Crippen LogP contribution in [0, 0.1) is 4.91 Å². The molecule has 66 valence electrons. The molecule has 1 aromatic rings. The average molecular weight is 234 g/mol. The summed E-state index contributed by atoms with van der Waals surface area (Å²) in [6.45, 7) is 0.487. The van der Waals surface area contributed by atoms with Gasteiger partial charge in [-0.1, -0.05) is 15.9 Å². The van der Waals surface area contributed by atoms with Crippen LogP contribution in [0.25, 0.3) is 0 Å². The normalized spacial score (nSPS) is 10.2. The van der Waals surface area contributed by atoms with Crippen molar-refractivity contribution in [2.75, 3.05) is 5.33 Å². The van der Waals surface area contributed by atoms with Crippen LogP contribution in [-0.2, 0) is 13.2 Å². The van der Waals surface area contributed by atoms with Gasteiger partial charge in [-0.25, -0.2) is 0 Å². The lowest BCUT2D eigenvalue weighted by Gasteiger charge is -2.00. The lowest BCUT2D eigenvalue weighted by Crippen LogP contribution is -2.05. The number of alkyl halides is 1. The third kappa shape index (κ3) is 1.89. The number of aryl methyl sites for hydroxylation is 1. The van der Waals surface area contributed by atoms with Crippen LogP contribution >= 0.6 is 15.9 Å². The molecule has 1 rings (SSSR count). The van der Waals surface area contributed by atoms with E-state index in [1.165, 1.54) is 6.07 Å². The Morgan fingerprint density at radius 2 is 2.50 bits per heavy atom. The number of aliphatic hydroxyl groups excluding tert-OH is 1. The van der Waals surface area contributed by atoms with E-state index in [2.05, 4.69) is 26.2 Å². The van der Waals surface area contributed by atoms with E-state index in [9.17, 15) is 4.91 Å². The van der Waals surface area contributed by atoms with Gasteiger partial charge in [0, 0.05) is 11.4 Å². The van der Waals surface area contributed by atoms with E-state index in [0.717, 1.165) is 5.33 Å². The summed E-state index contributed by atoms with van der Waals surface area (Å²) in [5.74, 6) is 0.111. The molecule has 0 atom stereocenters. The molecule has 1 heterocycles. The van der Waals surface area contributed by atoms with Gasteiger partial charge in [0.05, 0.1) is 18.8 Å². The van der Waals surface area contributed by atoms with Crippen LogP contribution in [0.2, 0.25) is 0 Å². The topological polar surface area (TPSA) is 67.5 Å². The van der Waals surface area contributed by atoms with Crippen molar-refractivity contribution < 1.29 is 5.11 Å². The fourth-order valence-electron chi connectivity index (χ4n) is 0.886. The Balaban J connectivity index is 2.91. The minimum absolute atomic E-state index is 0.111. The zero-order valence-electron chi connectivity index (χ0n) is 6.27. The van der Waals surface area contributed by atoms with E-state index >= 15 is 0 Å². The monoisotopic (exact) mass is 233 g/mol. The summed E-state index contributed by atoms with van der Waals surface area (Å²) in [6, 6.07) is 1.47. The minimum atomic E-state index is -0.129. The number of aromatic nitrogens is 2. The molecule has 0 aliphatic carbocycles. The van der Waals surface area contributed by atoms with Gasteiger partial charge < -0.3 is 5.11 Å². The first-order chi connectivity index (χ1) is 5.81. The standard InChI is InChI=1S/C6H8BrN3O2/c7-1-2-10-5(4-11)3-6(8-10)9-12/h3,11H,1-2,4H2. The highest BCUT2D eigenvalue weighted by Gasteiger charge is 2.05. The van der Waals surface area contributed by atoms with Crippen molar-refractivity contribution in [1.29, 1.82) is 0 Å². The molecule has 1 N–H and O–H groups in total. The molecule has 0 aromatic carbocycles. The van der Waals surface area contributed by atoms with Gasteiger partial charge in [-0.3, -0.25) is 4.68 Å². The molecule has 0 aliphatic rings. The molecule has 5 nitrogen and oxygen atoms in total. The maximum absolute atomic E-state index is 10.1. The van der Waals surface area contributed by atoms with Crippen LogP contribution in [0.1, 0.15) is 5.69 Å². The molecule has 0 amide bonds. The van der Waals surface area contributed by atoms with Gasteiger partial charge in [-0.05, 0) is 5.18 Å². The molecular weight excluding hydrogens is 226 g/mol. The van der Waals surface area contributed by atoms with Crippen LogP contribution < -0.4 is 0 Å². The summed E-state index contributed by atoms with van der Waals surface area (Å²) in [4.78, 5) is 10.1. The zero-order valence-corrected chi connectivity index (χ0v) is 7.86. The summed E-state index contributed by atoms with van der Waals surface area (Å²) in [7, 11) is 0. The zero-order chi connectivity index (χ0) is 8.97. The quantitative estimate of drug-likeness (QED) is 0.628. The largest absolute Gasteiger partial charge is 0.390 e. The number of rotatable bonds is 4. The highest BCUT2D eigenvalue weighted by atomic mass is 79.9. The molecule has 6 heteroatoms. The van der Waals surface area contributed by atoms with Crippen LogP contribution in [0.5, 0.6) is 0 Å². The van der Waals surface area contributed by atoms with Crippen molar-refractivity contribution in [2.45, 2.75) is 13.2 Å². The number of nitrogens with zero attached hydrogens (tertiary/aromatic N) is 3. The Morgan fingerprint density at radius 3 is 3.00 bits per heavy atom. The van der Waals surface area contributed by atoms with E-state index in [-0.39, 0.29) is 12.4 Å². The van der Waals surface area contributed by atoms with E-state index in [1.54, 1.807) is 4.68 Å². The molecule has 0 radical (unpaired) electrons. The fraction of sp³-hybridized carbons (Fsp3) is 0.500. The summed E-state index contributed by atoms with van der Waals surface area (Å²) in [5.41, 5.74) is 0.601. The van der Waals surface area contributed by atoms with E-state index < -0.39 is 0 Å². The summed E-state index contributed by atoms with van der Waals surface area (Å²) in [6.07, 6.45) is 0. The first-order valence-corrected chi connectivity index (χ1v) is 4.51. The van der Waals surface area contributed by atoms with Crippen molar-refractivity contribution in [3.63, 3.8) is 0 Å². The summed E-state index contributed by atoms with van der Waals surface area (Å²) in [5, 5.41) is 16.1. The number of hydrogen-bond acceptors (Lipinski definition) is 4. The van der Waals surface area contributed by atoms with Gasteiger partial charge in [0.15, 0.2) is 0 Å². The average Bonchev–Trinajstić information content (AvgIpc) is 2.48. The van der Waals surface area contributed by atoms with Gasteiger partial charge in [-0.15, -0.1) is 10.0 Å². The van der Waals surface area contributed by atoms with Crippen LogP contribution in [0.4, 0.5) is 5.82 Å². The van der Waals surface area contributed by atoms with E-state index in [0.29, 0.717) is 12.2 Å². The van der Waals surface area contributed by atoms with Gasteiger partial charge in [-0.2, -0.15) is 0 Å². The van der Waals surface area contributed by atoms with Crippen LogP contribution in [0.15, 0.2) is 11.2 Å². The summed E-state index contributed by atoms with van der Waals surface area (Å²) < 4.78 is 1.55. The fourth-order valence-corrected chi connectivity index (χ4v) is 1.22. The van der Waals surface area contributed by atoms with Crippen molar-refractivity contribution in [2.24, 2.45) is 5.18 Å². The Bertz CT molecular complexity index is 274. The second kappa shape index (κ2) is 4.32. The third-order valence-electron chi connectivity index (χ3n) is 1.40. The van der Waals surface area contributed by atoms with Gasteiger partial charge in [0.1, 0.15) is 0 Å². The smallest absolute Gasteiger partial charge is 0.217 e. The molecule has 0 bridgehead atoms. The Labute approximate surface area is 77.5 Å². The lowest BCUT2D eigenvalue weighted by atomic mass is 10.4. The highest BCUT2D eigenvalue weighted by Crippen LogP contribution is 2.12. The lowest BCUT2D eigenvalue weighted by molar-refractivity contribution is 0.268. The maximum atomic E-state index is 10.1. The Morgan fingerprint density at radius 1 is 1.75 bits per heavy atom. The number of hydrogen-bond donors (Lipinski definition) is 1. The van der Waals surface area contributed by atoms with Crippen LogP contribution in [0.3, 0.4) is 0 Å². The molecule has 12 heavy (non-hydrogen) atoms. The number of nitroso groups, excluding NO2 is 1. The second-order valence-electron chi connectivity index (χ2n) is 2.16. The first kappa shape index (κ1) is 9.34. The molecule has 1 aromatic heterocycles. The predicted molar refractivity (Wildman–Crippen MR) is 47.4 cm³/mol. The van der Waals surface area contributed by atoms with E-state index in [4.69, 9.17) is 5.11 Å². The molecule has 0 aliphatic heterocycles. The number of aliphatic hydroxyl groups is 1. The van der Waals surface area contributed by atoms with Crippen molar-refractivity contribution >= 4 is 21.7 Å². The van der Waals surface area contributed by atoms with Crippen molar-refractivity contribution in [1.82, 2.24) is 9.78 Å². The molecule has 0 saturated carbocycles. The second-order valence-corrected chi connectivity index (χ2v) is 2.95. The molecule has 0 fully saturated rings. The van der Waals surface area contributed by atoms with E-state index in [1.807, 2.05) is 0 Å². The van der Waals surface area contributed by atoms with Gasteiger partial charge in [0.2, 0.25) is 5.82 Å². The molecular formula is C6H8BrN3O2.